The van der Waals surface area contributed by atoms with Gasteiger partial charge < -0.3 is 5.32 Å². The minimum Gasteiger partial charge on any atom is -0.373 e. The quantitative estimate of drug-likeness (QED) is 0.824. The summed E-state index contributed by atoms with van der Waals surface area (Å²) in [7, 11) is 0. The van der Waals surface area contributed by atoms with Gasteiger partial charge in [0.25, 0.3) is 5.91 Å². The molecule has 1 heterocycles. The fraction of sp³-hybridized carbons (Fsp3) is 0.125. The molecule has 0 saturated carbocycles. The molecule has 1 N–H and O–H groups in total. The number of benzene rings is 2. The topological polar surface area (TPSA) is 49.4 Å². The molecule has 0 spiro atoms. The average molecular weight is 380 g/mol. The molecule has 0 radical (unpaired) electrons. The van der Waals surface area contributed by atoms with Gasteiger partial charge in [-0.2, -0.15) is 0 Å². The van der Waals surface area contributed by atoms with Gasteiger partial charge in [0.2, 0.25) is 5.91 Å². The molecule has 4 nitrogen and oxygen atoms in total. The minimum absolute atomic E-state index is 0.128. The second-order valence-corrected chi connectivity index (χ2v) is 6.22. The largest absolute Gasteiger partial charge is 0.373 e. The number of nitrogens with one attached hydrogen (secondary N) is 1. The first-order valence-corrected chi connectivity index (χ1v) is 7.87. The Kier molecular flexibility index (Phi) is 4.18. The third kappa shape index (κ3) is 2.87. The Bertz CT molecular complexity index is 733. The lowest BCUT2D eigenvalue weighted by molar-refractivity contribution is -0.121. The first-order chi connectivity index (χ1) is 10.6. The number of anilines is 2. The lowest BCUT2D eigenvalue weighted by atomic mass is 10.2. The molecule has 1 fully saturated rings. The standard InChI is InChI=1S/C16H12BrClN2O2/c17-12-3-1-2-4-14(12)20-15(21)9-13(16(20)22)19-11-7-5-10(18)6-8-11/h1-8,13,19H,9H2/t13-/m1/s1. The maximum absolute atomic E-state index is 12.5. The minimum atomic E-state index is -0.569. The number of halogens is 2. The summed E-state index contributed by atoms with van der Waals surface area (Å²) < 4.78 is 0.712. The van der Waals surface area contributed by atoms with E-state index in [2.05, 4.69) is 21.2 Å². The molecule has 1 aliphatic rings. The van der Waals surface area contributed by atoms with E-state index < -0.39 is 6.04 Å². The van der Waals surface area contributed by atoms with E-state index in [0.29, 0.717) is 15.2 Å². The molecule has 0 unspecified atom stereocenters. The monoisotopic (exact) mass is 378 g/mol. The van der Waals surface area contributed by atoms with Crippen LogP contribution >= 0.6 is 27.5 Å². The lowest BCUT2D eigenvalue weighted by Gasteiger charge is -2.17. The van der Waals surface area contributed by atoms with Gasteiger partial charge in [0.1, 0.15) is 6.04 Å². The van der Waals surface area contributed by atoms with Crippen molar-refractivity contribution in [1.82, 2.24) is 0 Å². The summed E-state index contributed by atoms with van der Waals surface area (Å²) in [5.41, 5.74) is 1.32. The highest BCUT2D eigenvalue weighted by Gasteiger charge is 2.40. The van der Waals surface area contributed by atoms with E-state index in [1.54, 1.807) is 42.5 Å². The van der Waals surface area contributed by atoms with Gasteiger partial charge in [-0.3, -0.25) is 9.59 Å². The first-order valence-electron chi connectivity index (χ1n) is 6.69. The van der Waals surface area contributed by atoms with E-state index in [1.807, 2.05) is 6.07 Å². The fourth-order valence-corrected chi connectivity index (χ4v) is 2.97. The van der Waals surface area contributed by atoms with E-state index in [9.17, 15) is 9.59 Å². The second kappa shape index (κ2) is 6.10. The van der Waals surface area contributed by atoms with E-state index >= 15 is 0 Å². The van der Waals surface area contributed by atoms with Crippen molar-refractivity contribution in [1.29, 1.82) is 0 Å². The van der Waals surface area contributed by atoms with Crippen molar-refractivity contribution in [2.24, 2.45) is 0 Å². The van der Waals surface area contributed by atoms with Crippen molar-refractivity contribution >= 4 is 50.7 Å². The van der Waals surface area contributed by atoms with Crippen LogP contribution in [0.3, 0.4) is 0 Å². The zero-order valence-corrected chi connectivity index (χ0v) is 13.8. The Morgan fingerprint density at radius 3 is 2.45 bits per heavy atom. The molecule has 0 aliphatic carbocycles. The Hall–Kier alpha value is -1.85. The van der Waals surface area contributed by atoms with Gasteiger partial charge in [-0.15, -0.1) is 0 Å². The molecule has 1 aliphatic heterocycles. The normalized spacial score (nSPS) is 17.9. The summed E-state index contributed by atoms with van der Waals surface area (Å²) in [6.45, 7) is 0. The van der Waals surface area contributed by atoms with E-state index in [0.717, 1.165) is 5.69 Å². The summed E-state index contributed by atoms with van der Waals surface area (Å²) >= 11 is 9.21. The average Bonchev–Trinajstić information content (AvgIpc) is 2.77. The van der Waals surface area contributed by atoms with E-state index in [1.165, 1.54) is 4.90 Å². The van der Waals surface area contributed by atoms with Crippen molar-refractivity contribution < 1.29 is 9.59 Å². The van der Waals surface area contributed by atoms with Crippen LogP contribution in [0.1, 0.15) is 6.42 Å². The summed E-state index contributed by atoms with van der Waals surface area (Å²) in [4.78, 5) is 26.0. The van der Waals surface area contributed by atoms with Crippen molar-refractivity contribution in [2.75, 3.05) is 10.2 Å². The zero-order valence-electron chi connectivity index (χ0n) is 11.4. The molecular formula is C16H12BrClN2O2. The van der Waals surface area contributed by atoms with Crippen LogP contribution in [0.25, 0.3) is 0 Å². The number of imide groups is 1. The van der Waals surface area contributed by atoms with Crippen LogP contribution < -0.4 is 10.2 Å². The predicted octanol–water partition coefficient (Wildman–Crippen LogP) is 3.85. The number of rotatable bonds is 3. The Morgan fingerprint density at radius 1 is 1.09 bits per heavy atom. The van der Waals surface area contributed by atoms with Crippen LogP contribution in [-0.2, 0) is 9.59 Å². The number of carbonyl (C=O) groups is 2. The van der Waals surface area contributed by atoms with Gasteiger partial charge in [0, 0.05) is 15.2 Å². The zero-order chi connectivity index (χ0) is 15.7. The fourth-order valence-electron chi connectivity index (χ4n) is 2.38. The number of amides is 2. The molecule has 0 bridgehead atoms. The van der Waals surface area contributed by atoms with E-state index in [-0.39, 0.29) is 18.2 Å². The Morgan fingerprint density at radius 2 is 1.77 bits per heavy atom. The van der Waals surface area contributed by atoms with Crippen LogP contribution in [0.4, 0.5) is 11.4 Å². The molecule has 6 heteroatoms. The van der Waals surface area contributed by atoms with Gasteiger partial charge in [-0.1, -0.05) is 23.7 Å². The predicted molar refractivity (Wildman–Crippen MR) is 90.1 cm³/mol. The maximum atomic E-state index is 12.5. The van der Waals surface area contributed by atoms with Crippen molar-refractivity contribution in [3.63, 3.8) is 0 Å². The Balaban J connectivity index is 1.82. The summed E-state index contributed by atoms with van der Waals surface area (Å²) in [6.07, 6.45) is 0.128. The molecule has 22 heavy (non-hydrogen) atoms. The highest BCUT2D eigenvalue weighted by atomic mass is 79.9. The second-order valence-electron chi connectivity index (χ2n) is 4.93. The number of hydrogen-bond donors (Lipinski definition) is 1. The number of para-hydroxylation sites is 1. The van der Waals surface area contributed by atoms with Gasteiger partial charge in [0.15, 0.2) is 0 Å². The van der Waals surface area contributed by atoms with Crippen LogP contribution in [0, 0.1) is 0 Å². The van der Waals surface area contributed by atoms with Crippen LogP contribution in [0.5, 0.6) is 0 Å². The van der Waals surface area contributed by atoms with E-state index in [4.69, 9.17) is 11.6 Å². The Labute approximate surface area is 141 Å². The maximum Gasteiger partial charge on any atom is 0.256 e. The molecule has 0 aromatic heterocycles. The van der Waals surface area contributed by atoms with Crippen molar-refractivity contribution in [2.45, 2.75) is 12.5 Å². The SMILES string of the molecule is O=C1C[C@@H](Nc2ccc(Cl)cc2)C(=O)N1c1ccccc1Br. The van der Waals surface area contributed by atoms with Crippen LogP contribution in [0.2, 0.25) is 5.02 Å². The highest BCUT2D eigenvalue weighted by Crippen LogP contribution is 2.31. The third-order valence-corrected chi connectivity index (χ3v) is 4.35. The lowest BCUT2D eigenvalue weighted by Crippen LogP contribution is -2.35. The molecule has 1 saturated heterocycles. The van der Waals surface area contributed by atoms with Crippen molar-refractivity contribution in [3.05, 3.63) is 58.0 Å². The first kappa shape index (κ1) is 15.1. The number of hydrogen-bond acceptors (Lipinski definition) is 3. The highest BCUT2D eigenvalue weighted by molar-refractivity contribution is 9.10. The molecule has 2 aromatic rings. The van der Waals surface area contributed by atoms with Gasteiger partial charge in [0.05, 0.1) is 12.1 Å². The molecule has 2 amide bonds. The third-order valence-electron chi connectivity index (χ3n) is 3.43. The molecule has 3 rings (SSSR count). The van der Waals surface area contributed by atoms with Crippen LogP contribution in [-0.4, -0.2) is 17.9 Å². The smallest absolute Gasteiger partial charge is 0.256 e. The molecular weight excluding hydrogens is 368 g/mol. The summed E-state index contributed by atoms with van der Waals surface area (Å²) in [5, 5.41) is 3.70. The molecule has 112 valence electrons. The van der Waals surface area contributed by atoms with Gasteiger partial charge >= 0.3 is 0 Å². The summed E-state index contributed by atoms with van der Waals surface area (Å²) in [5.74, 6) is -0.477. The number of carbonyl (C=O) groups excluding carboxylic acids is 2. The molecule has 1 atom stereocenters. The number of nitrogens with zero attached hydrogens (tertiary/aromatic N) is 1. The van der Waals surface area contributed by atoms with Gasteiger partial charge in [-0.05, 0) is 52.3 Å². The van der Waals surface area contributed by atoms with Crippen molar-refractivity contribution in [3.8, 4) is 0 Å². The van der Waals surface area contributed by atoms with Gasteiger partial charge in [-0.25, -0.2) is 4.90 Å². The van der Waals surface area contributed by atoms with Crippen LogP contribution in [0.15, 0.2) is 53.0 Å². The molecule has 2 aromatic carbocycles. The summed E-state index contributed by atoms with van der Waals surface area (Å²) in [6, 6.07) is 13.6.